The number of carboxylic acids is 2. The Morgan fingerprint density at radius 1 is 0.929 bits per heavy atom. The molecule has 0 saturated carbocycles. The van der Waals surface area contributed by atoms with Gasteiger partial charge in [0.1, 0.15) is 11.6 Å². The zero-order valence-corrected chi connectivity index (χ0v) is 22.1. The molecule has 1 aliphatic rings. The Labute approximate surface area is 239 Å². The molecule has 5 rings (SSSR count). The van der Waals surface area contributed by atoms with Gasteiger partial charge in [0.25, 0.3) is 5.91 Å². The van der Waals surface area contributed by atoms with Gasteiger partial charge in [-0.15, -0.1) is 0 Å². The number of fused-ring (bicyclic) bond motifs is 1. The standard InChI is InChI=1S/C22H15ClF4N2O3.C7H5FO2/c23-14-4-1-3-13(22(25,26)27)17(14)20(30)29-16-6-2-5-15(24)18(16)19(28-29)11-7-9-12(10-8-11)21(31)32;8-6-4-2-1-3-5(6)7(9)10/h1-7,12H,8-10H2,(H,31,32);1-4H,(H,9,10). The number of carbonyl (C=O) groups excluding carboxylic acids is 1. The minimum Gasteiger partial charge on any atom is -0.481 e. The van der Waals surface area contributed by atoms with Crippen molar-refractivity contribution in [1.29, 1.82) is 0 Å². The Hall–Kier alpha value is -4.58. The van der Waals surface area contributed by atoms with Crippen molar-refractivity contribution in [2.75, 3.05) is 0 Å². The molecule has 1 atom stereocenters. The highest BCUT2D eigenvalue weighted by Crippen LogP contribution is 2.38. The van der Waals surface area contributed by atoms with E-state index in [1.807, 2.05) is 0 Å². The van der Waals surface area contributed by atoms with Crippen LogP contribution in [0.25, 0.3) is 16.5 Å². The number of allylic oxidation sites excluding steroid dienone is 2. The first-order chi connectivity index (χ1) is 19.8. The van der Waals surface area contributed by atoms with Crippen LogP contribution in [0.15, 0.2) is 66.7 Å². The van der Waals surface area contributed by atoms with E-state index < -0.39 is 57.7 Å². The molecule has 0 amide bonds. The van der Waals surface area contributed by atoms with Gasteiger partial charge in [-0.05, 0) is 61.2 Å². The Kier molecular flexibility index (Phi) is 8.76. The normalized spacial score (nSPS) is 15.0. The van der Waals surface area contributed by atoms with Crippen molar-refractivity contribution in [3.63, 3.8) is 0 Å². The average Bonchev–Trinajstić information content (AvgIpc) is 3.33. The van der Waals surface area contributed by atoms with E-state index in [2.05, 4.69) is 5.10 Å². The van der Waals surface area contributed by atoms with Gasteiger partial charge in [-0.2, -0.15) is 23.0 Å². The maximum absolute atomic E-state index is 14.7. The fourth-order valence-electron chi connectivity index (χ4n) is 4.50. The Morgan fingerprint density at radius 3 is 2.17 bits per heavy atom. The van der Waals surface area contributed by atoms with Crippen molar-refractivity contribution < 1.29 is 46.5 Å². The predicted octanol–water partition coefficient (Wildman–Crippen LogP) is 7.33. The van der Waals surface area contributed by atoms with E-state index in [1.54, 1.807) is 6.08 Å². The summed E-state index contributed by atoms with van der Waals surface area (Å²) in [6.07, 6.45) is -2.47. The third kappa shape index (κ3) is 6.18. The van der Waals surface area contributed by atoms with Crippen LogP contribution >= 0.6 is 11.6 Å². The van der Waals surface area contributed by atoms with Crippen LogP contribution < -0.4 is 0 Å². The Bertz CT molecular complexity index is 1730. The topological polar surface area (TPSA) is 109 Å². The summed E-state index contributed by atoms with van der Waals surface area (Å²) >= 11 is 5.96. The monoisotopic (exact) mass is 606 g/mol. The molecule has 4 aromatic rings. The van der Waals surface area contributed by atoms with Crippen LogP contribution in [0.1, 0.15) is 51.2 Å². The second-order valence-electron chi connectivity index (χ2n) is 9.18. The molecule has 7 nitrogen and oxygen atoms in total. The fourth-order valence-corrected chi connectivity index (χ4v) is 4.75. The minimum atomic E-state index is -4.84. The summed E-state index contributed by atoms with van der Waals surface area (Å²) in [6, 6.07) is 12.1. The molecule has 0 bridgehead atoms. The van der Waals surface area contributed by atoms with Crippen LogP contribution in [0.5, 0.6) is 0 Å². The number of hydrogen-bond acceptors (Lipinski definition) is 4. The van der Waals surface area contributed by atoms with E-state index >= 15 is 0 Å². The van der Waals surface area contributed by atoms with E-state index in [0.717, 1.165) is 30.3 Å². The highest BCUT2D eigenvalue weighted by Gasteiger charge is 2.37. The molecule has 218 valence electrons. The smallest absolute Gasteiger partial charge is 0.417 e. The van der Waals surface area contributed by atoms with E-state index in [9.17, 15) is 41.4 Å². The van der Waals surface area contributed by atoms with E-state index in [-0.39, 0.29) is 35.0 Å². The van der Waals surface area contributed by atoms with Gasteiger partial charge in [-0.3, -0.25) is 9.59 Å². The maximum Gasteiger partial charge on any atom is 0.417 e. The molecule has 0 aliphatic heterocycles. The molecule has 1 aliphatic carbocycles. The fraction of sp³-hybridized carbons (Fsp3) is 0.172. The molecule has 2 N–H and O–H groups in total. The number of rotatable bonds is 4. The molecule has 42 heavy (non-hydrogen) atoms. The molecular formula is C29H20ClF5N2O5. The molecule has 1 heterocycles. The third-order valence-electron chi connectivity index (χ3n) is 6.55. The van der Waals surface area contributed by atoms with Gasteiger partial charge in [0.15, 0.2) is 0 Å². The van der Waals surface area contributed by atoms with Crippen LogP contribution in [-0.4, -0.2) is 37.8 Å². The first kappa shape index (κ1) is 30.4. The van der Waals surface area contributed by atoms with Crippen molar-refractivity contribution in [2.45, 2.75) is 25.4 Å². The lowest BCUT2D eigenvalue weighted by Crippen LogP contribution is -2.20. The van der Waals surface area contributed by atoms with Crippen LogP contribution in [0, 0.1) is 17.6 Å². The van der Waals surface area contributed by atoms with Crippen molar-refractivity contribution >= 4 is 45.9 Å². The van der Waals surface area contributed by atoms with E-state index in [0.29, 0.717) is 16.7 Å². The van der Waals surface area contributed by atoms with Crippen LogP contribution in [0.2, 0.25) is 5.02 Å². The number of nitrogens with zero attached hydrogens (tertiary/aromatic N) is 2. The lowest BCUT2D eigenvalue weighted by Gasteiger charge is -2.17. The predicted molar refractivity (Wildman–Crippen MR) is 142 cm³/mol. The zero-order valence-electron chi connectivity index (χ0n) is 21.3. The van der Waals surface area contributed by atoms with Crippen LogP contribution in [-0.2, 0) is 11.0 Å². The molecule has 1 unspecified atom stereocenters. The molecular weight excluding hydrogens is 587 g/mol. The molecule has 0 saturated heterocycles. The van der Waals surface area contributed by atoms with Crippen molar-refractivity contribution in [1.82, 2.24) is 9.78 Å². The molecule has 13 heteroatoms. The SMILES string of the molecule is O=C(O)C1CC=C(c2nn(C(=O)c3c(Cl)cccc3C(F)(F)F)c3cccc(F)c23)CC1.O=C(O)c1ccccc1F. The number of aliphatic carboxylic acids is 1. The second-order valence-corrected chi connectivity index (χ2v) is 9.59. The molecule has 0 fully saturated rings. The quantitative estimate of drug-likeness (QED) is 0.236. The number of carbonyl (C=O) groups is 3. The number of aromatic carboxylic acids is 1. The van der Waals surface area contributed by atoms with Crippen LogP contribution in [0.4, 0.5) is 22.0 Å². The van der Waals surface area contributed by atoms with Crippen molar-refractivity contribution in [2.24, 2.45) is 5.92 Å². The number of halogens is 6. The molecule has 1 aromatic heterocycles. The summed E-state index contributed by atoms with van der Waals surface area (Å²) in [5.41, 5.74) is -1.69. The van der Waals surface area contributed by atoms with E-state index in [1.165, 1.54) is 30.3 Å². The number of aromatic nitrogens is 2. The summed E-state index contributed by atoms with van der Waals surface area (Å²) in [5, 5.41) is 21.2. The number of carboxylic acid groups (broad SMARTS) is 2. The summed E-state index contributed by atoms with van der Waals surface area (Å²) < 4.78 is 68.5. The number of hydrogen-bond donors (Lipinski definition) is 2. The zero-order chi connectivity index (χ0) is 30.8. The number of alkyl halides is 3. The Balaban J connectivity index is 0.000000343. The highest BCUT2D eigenvalue weighted by molar-refractivity contribution is 6.34. The minimum absolute atomic E-state index is 0.0145. The first-order valence-electron chi connectivity index (χ1n) is 12.3. The van der Waals surface area contributed by atoms with Crippen molar-refractivity contribution in [3.8, 4) is 0 Å². The Morgan fingerprint density at radius 2 is 1.60 bits per heavy atom. The largest absolute Gasteiger partial charge is 0.481 e. The summed E-state index contributed by atoms with van der Waals surface area (Å²) in [4.78, 5) is 34.6. The third-order valence-corrected chi connectivity index (χ3v) is 6.87. The van der Waals surface area contributed by atoms with Gasteiger partial charge in [0.2, 0.25) is 0 Å². The van der Waals surface area contributed by atoms with Gasteiger partial charge >= 0.3 is 18.1 Å². The maximum atomic E-state index is 14.7. The lowest BCUT2D eigenvalue weighted by molar-refractivity contribution is -0.142. The summed E-state index contributed by atoms with van der Waals surface area (Å²) in [6.45, 7) is 0. The second kappa shape index (κ2) is 12.1. The van der Waals surface area contributed by atoms with Gasteiger partial charge < -0.3 is 10.2 Å². The van der Waals surface area contributed by atoms with Crippen molar-refractivity contribution in [3.05, 3.63) is 106 Å². The summed E-state index contributed by atoms with van der Waals surface area (Å²) in [5.74, 6) is -5.32. The van der Waals surface area contributed by atoms with E-state index in [4.69, 9.17) is 16.7 Å². The average molecular weight is 607 g/mol. The summed E-state index contributed by atoms with van der Waals surface area (Å²) in [7, 11) is 0. The van der Waals surface area contributed by atoms with Crippen LogP contribution in [0.3, 0.4) is 0 Å². The lowest BCUT2D eigenvalue weighted by atomic mass is 9.88. The van der Waals surface area contributed by atoms with Gasteiger partial charge in [-0.25, -0.2) is 13.6 Å². The van der Waals surface area contributed by atoms with Gasteiger partial charge in [-0.1, -0.05) is 41.9 Å². The highest BCUT2D eigenvalue weighted by atomic mass is 35.5. The molecule has 3 aromatic carbocycles. The molecule has 0 spiro atoms. The van der Waals surface area contributed by atoms with Gasteiger partial charge in [0.05, 0.1) is 44.2 Å². The number of benzene rings is 3. The first-order valence-corrected chi connectivity index (χ1v) is 12.7. The van der Waals surface area contributed by atoms with Gasteiger partial charge in [0, 0.05) is 0 Å². The molecule has 0 radical (unpaired) electrons.